The molecule has 3 N–H and O–H groups in total. The number of carbonyl (C=O) groups excluding carboxylic acids is 1. The molecule has 8 nitrogen and oxygen atoms in total. The second-order valence-corrected chi connectivity index (χ2v) is 7.95. The number of likely N-dealkylation sites (tertiary alicyclic amines) is 1. The molecule has 1 unspecified atom stereocenters. The van der Waals surface area contributed by atoms with Crippen LogP contribution in [0.3, 0.4) is 0 Å². The molecule has 2 aromatic rings. The molecule has 1 saturated heterocycles. The van der Waals surface area contributed by atoms with E-state index < -0.39 is 0 Å². The zero-order chi connectivity index (χ0) is 19.9. The molecule has 0 bridgehead atoms. The largest absolute Gasteiger partial charge is 0.487 e. The number of hydrogen-bond donors (Lipinski definition) is 2. The van der Waals surface area contributed by atoms with E-state index in [1.54, 1.807) is 6.20 Å². The molecule has 28 heavy (non-hydrogen) atoms. The van der Waals surface area contributed by atoms with E-state index in [2.05, 4.69) is 21.0 Å². The summed E-state index contributed by atoms with van der Waals surface area (Å²) < 4.78 is 7.85. The predicted molar refractivity (Wildman–Crippen MR) is 107 cm³/mol. The Morgan fingerprint density at radius 2 is 2.14 bits per heavy atom. The number of nitrogens with zero attached hydrogens (tertiary/aromatic N) is 4. The number of nitrogens with two attached hydrogens (primary N) is 1. The molecule has 2 aliphatic heterocycles. The number of hydrogen-bond acceptors (Lipinski definition) is 5. The van der Waals surface area contributed by atoms with E-state index in [0.29, 0.717) is 18.1 Å². The highest BCUT2D eigenvalue weighted by Gasteiger charge is 2.46. The van der Waals surface area contributed by atoms with Crippen LogP contribution in [0.15, 0.2) is 18.3 Å². The summed E-state index contributed by atoms with van der Waals surface area (Å²) in [5, 5.41) is 7.70. The third kappa shape index (κ3) is 3.16. The van der Waals surface area contributed by atoms with Gasteiger partial charge in [0.2, 0.25) is 0 Å². The van der Waals surface area contributed by atoms with Gasteiger partial charge in [0.05, 0.1) is 11.8 Å². The molecule has 1 atom stereocenters. The number of aryl methyl sites for hydroxylation is 1. The van der Waals surface area contributed by atoms with Crippen LogP contribution >= 0.6 is 0 Å². The van der Waals surface area contributed by atoms with Crippen LogP contribution in [0.4, 0.5) is 10.6 Å². The number of urea groups is 1. The van der Waals surface area contributed by atoms with E-state index in [1.165, 1.54) is 5.69 Å². The van der Waals surface area contributed by atoms with Gasteiger partial charge in [0.15, 0.2) is 11.6 Å². The van der Waals surface area contributed by atoms with Crippen molar-refractivity contribution in [3.63, 3.8) is 0 Å². The first-order valence-electron chi connectivity index (χ1n) is 9.95. The molecule has 0 aromatic carbocycles. The summed E-state index contributed by atoms with van der Waals surface area (Å²) in [5.41, 5.74) is 8.90. The predicted octanol–water partition coefficient (Wildman–Crippen LogP) is 2.39. The maximum atomic E-state index is 12.2. The summed E-state index contributed by atoms with van der Waals surface area (Å²) >= 11 is 0. The molecule has 4 rings (SSSR count). The maximum absolute atomic E-state index is 12.2. The van der Waals surface area contributed by atoms with Gasteiger partial charge in [-0.15, -0.1) is 0 Å². The average Bonchev–Trinajstić information content (AvgIpc) is 3.34. The summed E-state index contributed by atoms with van der Waals surface area (Å²) in [5.74, 6) is 0.965. The zero-order valence-electron chi connectivity index (χ0n) is 16.7. The first-order valence-corrected chi connectivity index (χ1v) is 9.95. The summed E-state index contributed by atoms with van der Waals surface area (Å²) in [6.45, 7) is 8.90. The number of aromatic nitrogens is 3. The van der Waals surface area contributed by atoms with Gasteiger partial charge < -0.3 is 20.7 Å². The maximum Gasteiger partial charge on any atom is 0.317 e. The van der Waals surface area contributed by atoms with Crippen molar-refractivity contribution < 1.29 is 9.53 Å². The number of rotatable bonds is 4. The van der Waals surface area contributed by atoms with Gasteiger partial charge in [-0.25, -0.2) is 9.78 Å². The van der Waals surface area contributed by atoms with Gasteiger partial charge in [0, 0.05) is 49.0 Å². The van der Waals surface area contributed by atoms with Crippen LogP contribution in [-0.4, -0.2) is 51.4 Å². The molecule has 8 heteroatoms. The van der Waals surface area contributed by atoms with E-state index in [4.69, 9.17) is 15.6 Å². The number of ether oxygens (including phenoxy) is 1. The normalized spacial score (nSPS) is 20.8. The van der Waals surface area contributed by atoms with Crippen LogP contribution in [0.5, 0.6) is 5.75 Å². The highest BCUT2D eigenvalue weighted by Crippen LogP contribution is 2.44. The second-order valence-electron chi connectivity index (χ2n) is 7.95. The van der Waals surface area contributed by atoms with Crippen LogP contribution in [0.25, 0.3) is 11.3 Å². The number of nitrogen functional groups attached to an aromatic ring is 1. The van der Waals surface area contributed by atoms with Gasteiger partial charge in [0.1, 0.15) is 0 Å². The summed E-state index contributed by atoms with van der Waals surface area (Å²) in [7, 11) is 0. The lowest BCUT2D eigenvalue weighted by Crippen LogP contribution is -2.40. The molecular weight excluding hydrogens is 356 g/mol. The quantitative estimate of drug-likeness (QED) is 0.843. The Hall–Kier alpha value is -2.77. The standard InChI is InChI=1S/C20H28N6O2/c1-4-22-19(27)25-7-5-20(12-25)6-8-26-17(20)10-15(24-26)14-9-16(28-13(2)3)18(21)23-11-14/h9-11,13H,4-8,12H2,1-3H3,(H2,21,23)(H,22,27). The molecular formula is C20H28N6O2. The Kier molecular flexibility index (Phi) is 4.64. The number of fused-ring (bicyclic) bond motifs is 2. The number of anilines is 1. The van der Waals surface area contributed by atoms with Crippen molar-refractivity contribution in [1.29, 1.82) is 0 Å². The number of pyridine rings is 1. The topological polar surface area (TPSA) is 98.3 Å². The molecule has 1 fully saturated rings. The molecule has 0 saturated carbocycles. The molecule has 2 aliphatic rings. The van der Waals surface area contributed by atoms with Crippen LogP contribution in [0.1, 0.15) is 39.3 Å². The van der Waals surface area contributed by atoms with Crippen molar-refractivity contribution in [3.8, 4) is 17.0 Å². The van der Waals surface area contributed by atoms with Gasteiger partial charge in [-0.05, 0) is 45.7 Å². The molecule has 2 amide bonds. The highest BCUT2D eigenvalue weighted by molar-refractivity contribution is 5.75. The Labute approximate surface area is 165 Å². The van der Waals surface area contributed by atoms with Gasteiger partial charge >= 0.3 is 6.03 Å². The van der Waals surface area contributed by atoms with E-state index in [1.807, 2.05) is 31.7 Å². The van der Waals surface area contributed by atoms with Gasteiger partial charge in [0.25, 0.3) is 0 Å². The van der Waals surface area contributed by atoms with Gasteiger partial charge in [-0.3, -0.25) is 4.68 Å². The minimum Gasteiger partial charge on any atom is -0.487 e. The molecule has 4 heterocycles. The Balaban J connectivity index is 1.60. The van der Waals surface area contributed by atoms with Crippen LogP contribution in [0, 0.1) is 0 Å². The van der Waals surface area contributed by atoms with Crippen molar-refractivity contribution in [1.82, 2.24) is 25.0 Å². The lowest BCUT2D eigenvalue weighted by atomic mass is 9.82. The average molecular weight is 384 g/mol. The van der Waals surface area contributed by atoms with Crippen LogP contribution < -0.4 is 15.8 Å². The minimum atomic E-state index is -0.00513. The fourth-order valence-corrected chi connectivity index (χ4v) is 4.27. The van der Waals surface area contributed by atoms with Crippen molar-refractivity contribution in [2.45, 2.75) is 51.7 Å². The van der Waals surface area contributed by atoms with Gasteiger partial charge in [-0.2, -0.15) is 5.10 Å². The van der Waals surface area contributed by atoms with Crippen molar-refractivity contribution in [2.24, 2.45) is 0 Å². The van der Waals surface area contributed by atoms with E-state index >= 15 is 0 Å². The molecule has 150 valence electrons. The lowest BCUT2D eigenvalue weighted by molar-refractivity contribution is 0.206. The zero-order valence-corrected chi connectivity index (χ0v) is 16.7. The Morgan fingerprint density at radius 3 is 2.89 bits per heavy atom. The summed E-state index contributed by atoms with van der Waals surface area (Å²) in [6.07, 6.45) is 3.75. The first-order chi connectivity index (χ1) is 13.4. The van der Waals surface area contributed by atoms with Crippen molar-refractivity contribution in [3.05, 3.63) is 24.0 Å². The van der Waals surface area contributed by atoms with Crippen LogP contribution in [-0.2, 0) is 12.0 Å². The Bertz CT molecular complexity index is 893. The monoisotopic (exact) mass is 384 g/mol. The molecule has 2 aromatic heterocycles. The third-order valence-electron chi connectivity index (χ3n) is 5.63. The SMILES string of the molecule is CCNC(=O)N1CCC2(CCn3nc(-c4cnc(N)c(OC(C)C)c4)cc32)C1. The van der Waals surface area contributed by atoms with E-state index in [0.717, 1.165) is 43.7 Å². The number of nitrogens with one attached hydrogen (secondary N) is 1. The second kappa shape index (κ2) is 7.00. The number of amides is 2. The first kappa shape index (κ1) is 18.6. The molecule has 0 aliphatic carbocycles. The smallest absolute Gasteiger partial charge is 0.317 e. The van der Waals surface area contributed by atoms with Crippen molar-refractivity contribution in [2.75, 3.05) is 25.4 Å². The lowest BCUT2D eigenvalue weighted by Gasteiger charge is -2.23. The van der Waals surface area contributed by atoms with E-state index in [9.17, 15) is 4.79 Å². The van der Waals surface area contributed by atoms with Crippen LogP contribution in [0.2, 0.25) is 0 Å². The van der Waals surface area contributed by atoms with Crippen molar-refractivity contribution >= 4 is 11.8 Å². The summed E-state index contributed by atoms with van der Waals surface area (Å²) in [6, 6.07) is 4.07. The Morgan fingerprint density at radius 1 is 1.36 bits per heavy atom. The number of carbonyl (C=O) groups is 1. The minimum absolute atomic E-state index is 0.00513. The summed E-state index contributed by atoms with van der Waals surface area (Å²) in [4.78, 5) is 18.4. The third-order valence-corrected chi connectivity index (χ3v) is 5.63. The fraction of sp³-hybridized carbons (Fsp3) is 0.550. The fourth-order valence-electron chi connectivity index (χ4n) is 4.27. The van der Waals surface area contributed by atoms with E-state index in [-0.39, 0.29) is 17.6 Å². The highest BCUT2D eigenvalue weighted by atomic mass is 16.5. The molecule has 0 radical (unpaired) electrons. The molecule has 1 spiro atoms. The van der Waals surface area contributed by atoms with Gasteiger partial charge in [-0.1, -0.05) is 0 Å².